The molecule has 2 heterocycles. The number of nitrogens with zero attached hydrogens (tertiary/aromatic N) is 2. The molecule has 0 saturated heterocycles. The molecule has 0 atom stereocenters. The standard InChI is InChI=1S/C11H12N4O/c12-9-3-4-10(13-8-9)7-11(16)14-15-5-1-2-6-15/h1-6,8H,7,12H2,(H,14,16). The van der Waals surface area contributed by atoms with E-state index in [9.17, 15) is 4.79 Å². The van der Waals surface area contributed by atoms with E-state index in [4.69, 9.17) is 5.73 Å². The van der Waals surface area contributed by atoms with E-state index in [0.717, 1.165) is 0 Å². The van der Waals surface area contributed by atoms with E-state index < -0.39 is 0 Å². The smallest absolute Gasteiger partial charge is 0.244 e. The van der Waals surface area contributed by atoms with Gasteiger partial charge in [0.05, 0.1) is 18.3 Å². The van der Waals surface area contributed by atoms with Crippen molar-refractivity contribution in [1.29, 1.82) is 0 Å². The summed E-state index contributed by atoms with van der Waals surface area (Å²) in [6.45, 7) is 0. The second kappa shape index (κ2) is 4.48. The second-order valence-electron chi connectivity index (χ2n) is 3.38. The molecule has 0 radical (unpaired) electrons. The Morgan fingerprint density at radius 3 is 2.75 bits per heavy atom. The minimum Gasteiger partial charge on any atom is -0.397 e. The SMILES string of the molecule is Nc1ccc(CC(=O)Nn2cccc2)nc1. The fraction of sp³-hybridized carbons (Fsp3) is 0.0909. The van der Waals surface area contributed by atoms with E-state index in [2.05, 4.69) is 10.4 Å². The van der Waals surface area contributed by atoms with Crippen LogP contribution in [0.15, 0.2) is 42.9 Å². The highest BCUT2D eigenvalue weighted by molar-refractivity contribution is 5.85. The van der Waals surface area contributed by atoms with Crippen LogP contribution >= 0.6 is 0 Å². The summed E-state index contributed by atoms with van der Waals surface area (Å²) in [5.74, 6) is -0.117. The molecule has 0 unspecified atom stereocenters. The number of carbonyl (C=O) groups is 1. The van der Waals surface area contributed by atoms with Crippen molar-refractivity contribution in [3.05, 3.63) is 48.5 Å². The highest BCUT2D eigenvalue weighted by Crippen LogP contribution is 2.01. The average molecular weight is 216 g/mol. The van der Waals surface area contributed by atoms with E-state index in [0.29, 0.717) is 11.4 Å². The van der Waals surface area contributed by atoms with Gasteiger partial charge in [0.2, 0.25) is 5.91 Å². The van der Waals surface area contributed by atoms with Gasteiger partial charge in [-0.05, 0) is 24.3 Å². The monoisotopic (exact) mass is 216 g/mol. The van der Waals surface area contributed by atoms with Crippen LogP contribution < -0.4 is 11.2 Å². The summed E-state index contributed by atoms with van der Waals surface area (Å²) < 4.78 is 1.60. The van der Waals surface area contributed by atoms with Crippen molar-refractivity contribution in [2.24, 2.45) is 0 Å². The number of nitrogen functional groups attached to an aromatic ring is 1. The molecule has 1 amide bonds. The lowest BCUT2D eigenvalue weighted by atomic mass is 10.2. The summed E-state index contributed by atoms with van der Waals surface area (Å²) in [6.07, 6.45) is 5.29. The van der Waals surface area contributed by atoms with Crippen molar-refractivity contribution in [3.8, 4) is 0 Å². The van der Waals surface area contributed by atoms with Crippen LogP contribution in [0, 0.1) is 0 Å². The first-order valence-electron chi connectivity index (χ1n) is 4.87. The molecule has 0 bridgehead atoms. The number of carbonyl (C=O) groups excluding carboxylic acids is 1. The van der Waals surface area contributed by atoms with Gasteiger partial charge in [0.1, 0.15) is 0 Å². The van der Waals surface area contributed by atoms with Crippen molar-refractivity contribution >= 4 is 11.6 Å². The Balaban J connectivity index is 1.95. The third-order valence-electron chi connectivity index (χ3n) is 2.05. The number of nitrogens with two attached hydrogens (primary N) is 1. The fourth-order valence-electron chi connectivity index (χ4n) is 1.30. The van der Waals surface area contributed by atoms with Crippen LogP contribution in [-0.4, -0.2) is 15.6 Å². The van der Waals surface area contributed by atoms with Crippen LogP contribution in [-0.2, 0) is 11.2 Å². The highest BCUT2D eigenvalue weighted by Gasteiger charge is 2.03. The molecule has 0 saturated carbocycles. The minimum atomic E-state index is -0.117. The molecule has 3 N–H and O–H groups in total. The Kier molecular flexibility index (Phi) is 2.86. The van der Waals surface area contributed by atoms with Gasteiger partial charge < -0.3 is 5.73 Å². The molecule has 2 aromatic heterocycles. The van der Waals surface area contributed by atoms with E-state index in [-0.39, 0.29) is 12.3 Å². The van der Waals surface area contributed by atoms with Crippen molar-refractivity contribution in [2.45, 2.75) is 6.42 Å². The molecule has 2 aromatic rings. The van der Waals surface area contributed by atoms with Crippen LogP contribution in [0.4, 0.5) is 5.69 Å². The predicted molar refractivity (Wildman–Crippen MR) is 61.2 cm³/mol. The molecule has 16 heavy (non-hydrogen) atoms. The maximum absolute atomic E-state index is 11.6. The van der Waals surface area contributed by atoms with Crippen molar-refractivity contribution in [3.63, 3.8) is 0 Å². The fourth-order valence-corrected chi connectivity index (χ4v) is 1.30. The van der Waals surface area contributed by atoms with Crippen LogP contribution in [0.2, 0.25) is 0 Å². The van der Waals surface area contributed by atoms with E-state index >= 15 is 0 Å². The maximum Gasteiger partial charge on any atom is 0.244 e. The molecular formula is C11H12N4O. The van der Waals surface area contributed by atoms with Gasteiger partial charge in [-0.25, -0.2) is 0 Å². The Morgan fingerprint density at radius 1 is 1.38 bits per heavy atom. The summed E-state index contributed by atoms with van der Waals surface area (Å²) in [7, 11) is 0. The normalized spacial score (nSPS) is 10.0. The molecule has 0 aromatic carbocycles. The molecule has 5 heteroatoms. The Labute approximate surface area is 92.9 Å². The number of amides is 1. The molecule has 0 spiro atoms. The molecular weight excluding hydrogens is 204 g/mol. The molecule has 2 rings (SSSR count). The van der Waals surface area contributed by atoms with Gasteiger partial charge in [-0.1, -0.05) is 0 Å². The largest absolute Gasteiger partial charge is 0.397 e. The zero-order chi connectivity index (χ0) is 11.4. The number of aromatic nitrogens is 2. The molecule has 0 aliphatic rings. The predicted octanol–water partition coefficient (Wildman–Crippen LogP) is 0.778. The van der Waals surface area contributed by atoms with Gasteiger partial charge in [-0.3, -0.25) is 19.9 Å². The van der Waals surface area contributed by atoms with E-state index in [1.54, 1.807) is 29.2 Å². The summed E-state index contributed by atoms with van der Waals surface area (Å²) in [5, 5.41) is 0. The number of hydrogen-bond donors (Lipinski definition) is 2. The average Bonchev–Trinajstić information content (AvgIpc) is 2.74. The lowest BCUT2D eigenvalue weighted by Crippen LogP contribution is -2.23. The Hall–Kier alpha value is -2.30. The molecule has 5 nitrogen and oxygen atoms in total. The highest BCUT2D eigenvalue weighted by atomic mass is 16.2. The number of anilines is 1. The number of pyridine rings is 1. The van der Waals surface area contributed by atoms with Gasteiger partial charge in [-0.2, -0.15) is 0 Å². The number of rotatable bonds is 3. The molecule has 82 valence electrons. The maximum atomic E-state index is 11.6. The van der Waals surface area contributed by atoms with Gasteiger partial charge in [0.25, 0.3) is 0 Å². The number of hydrogen-bond acceptors (Lipinski definition) is 3. The van der Waals surface area contributed by atoms with E-state index in [1.807, 2.05) is 12.1 Å². The van der Waals surface area contributed by atoms with Crippen LogP contribution in [0.5, 0.6) is 0 Å². The van der Waals surface area contributed by atoms with Crippen molar-refractivity contribution < 1.29 is 4.79 Å². The molecule has 0 aliphatic heterocycles. The summed E-state index contributed by atoms with van der Waals surface area (Å²) in [5.41, 5.74) is 9.48. The van der Waals surface area contributed by atoms with Crippen molar-refractivity contribution in [1.82, 2.24) is 9.66 Å². The Bertz CT molecular complexity index is 461. The topological polar surface area (TPSA) is 72.9 Å². The molecule has 0 fully saturated rings. The van der Waals surface area contributed by atoms with Crippen LogP contribution in [0.25, 0.3) is 0 Å². The van der Waals surface area contributed by atoms with Crippen LogP contribution in [0.1, 0.15) is 5.69 Å². The summed E-state index contributed by atoms with van der Waals surface area (Å²) >= 11 is 0. The zero-order valence-electron chi connectivity index (χ0n) is 8.63. The summed E-state index contributed by atoms with van der Waals surface area (Å²) in [4.78, 5) is 15.6. The zero-order valence-corrected chi connectivity index (χ0v) is 8.63. The number of nitrogens with one attached hydrogen (secondary N) is 1. The quantitative estimate of drug-likeness (QED) is 0.796. The third kappa shape index (κ3) is 2.60. The third-order valence-corrected chi connectivity index (χ3v) is 2.05. The van der Waals surface area contributed by atoms with Gasteiger partial charge >= 0.3 is 0 Å². The van der Waals surface area contributed by atoms with Crippen molar-refractivity contribution in [2.75, 3.05) is 11.2 Å². The van der Waals surface area contributed by atoms with Gasteiger partial charge in [0, 0.05) is 18.1 Å². The van der Waals surface area contributed by atoms with Crippen LogP contribution in [0.3, 0.4) is 0 Å². The lowest BCUT2D eigenvalue weighted by Gasteiger charge is -2.05. The lowest BCUT2D eigenvalue weighted by molar-refractivity contribution is -0.116. The van der Waals surface area contributed by atoms with Gasteiger partial charge in [0.15, 0.2) is 0 Å². The first kappa shape index (κ1) is 10.2. The first-order chi connectivity index (χ1) is 7.74. The molecule has 0 aliphatic carbocycles. The summed E-state index contributed by atoms with van der Waals surface area (Å²) in [6, 6.07) is 7.14. The minimum absolute atomic E-state index is 0.117. The van der Waals surface area contributed by atoms with Gasteiger partial charge in [-0.15, -0.1) is 0 Å². The Morgan fingerprint density at radius 2 is 2.12 bits per heavy atom. The second-order valence-corrected chi connectivity index (χ2v) is 3.38. The first-order valence-corrected chi connectivity index (χ1v) is 4.87. The van der Waals surface area contributed by atoms with E-state index in [1.165, 1.54) is 6.20 Å².